The highest BCUT2D eigenvalue weighted by Crippen LogP contribution is 2.19. The molecule has 0 aromatic rings. The monoisotopic (exact) mass is 183 g/mol. The van der Waals surface area contributed by atoms with Crippen molar-refractivity contribution in [3.63, 3.8) is 0 Å². The van der Waals surface area contributed by atoms with E-state index in [0.29, 0.717) is 5.92 Å². The van der Waals surface area contributed by atoms with E-state index < -0.39 is 0 Å². The van der Waals surface area contributed by atoms with Crippen LogP contribution < -0.4 is 5.32 Å². The molecule has 0 aromatic heterocycles. The summed E-state index contributed by atoms with van der Waals surface area (Å²) < 4.78 is 0. The van der Waals surface area contributed by atoms with Gasteiger partial charge in [-0.15, -0.1) is 0 Å². The molecule has 1 heteroatoms. The van der Waals surface area contributed by atoms with Crippen LogP contribution in [0.5, 0.6) is 0 Å². The Kier molecular flexibility index (Phi) is 5.12. The van der Waals surface area contributed by atoms with Crippen LogP contribution in [0.4, 0.5) is 0 Å². The van der Waals surface area contributed by atoms with Crippen LogP contribution in [0.15, 0.2) is 12.3 Å². The summed E-state index contributed by atoms with van der Waals surface area (Å²) in [6.45, 7) is 15.1. The minimum absolute atomic E-state index is 0.151. The number of rotatable bonds is 5. The first-order valence-corrected chi connectivity index (χ1v) is 5.37. The largest absolute Gasteiger partial charge is 0.384 e. The molecule has 0 radical (unpaired) electrons. The third-order valence-corrected chi connectivity index (χ3v) is 2.16. The van der Waals surface area contributed by atoms with Crippen LogP contribution in [0, 0.1) is 5.92 Å². The Morgan fingerprint density at radius 3 is 2.15 bits per heavy atom. The van der Waals surface area contributed by atoms with Gasteiger partial charge in [0, 0.05) is 11.2 Å². The first kappa shape index (κ1) is 12.5. The summed E-state index contributed by atoms with van der Waals surface area (Å²) in [7, 11) is 0. The molecule has 0 aliphatic rings. The molecule has 0 aliphatic carbocycles. The van der Waals surface area contributed by atoms with Gasteiger partial charge in [-0.25, -0.2) is 0 Å². The van der Waals surface area contributed by atoms with E-state index in [0.717, 1.165) is 0 Å². The van der Waals surface area contributed by atoms with Crippen molar-refractivity contribution in [1.29, 1.82) is 0 Å². The van der Waals surface area contributed by atoms with Crippen molar-refractivity contribution < 1.29 is 0 Å². The van der Waals surface area contributed by atoms with Crippen LogP contribution in [0.2, 0.25) is 0 Å². The van der Waals surface area contributed by atoms with Gasteiger partial charge in [-0.1, -0.05) is 26.8 Å². The van der Waals surface area contributed by atoms with Crippen LogP contribution in [0.3, 0.4) is 0 Å². The Balaban J connectivity index is 4.06. The summed E-state index contributed by atoms with van der Waals surface area (Å²) in [4.78, 5) is 0. The first-order chi connectivity index (χ1) is 5.90. The molecule has 0 rings (SSSR count). The van der Waals surface area contributed by atoms with Crippen molar-refractivity contribution in [2.75, 3.05) is 0 Å². The lowest BCUT2D eigenvalue weighted by Crippen LogP contribution is -2.36. The fourth-order valence-corrected chi connectivity index (χ4v) is 1.56. The molecule has 0 amide bonds. The van der Waals surface area contributed by atoms with Crippen LogP contribution in [-0.4, -0.2) is 5.54 Å². The van der Waals surface area contributed by atoms with Gasteiger partial charge in [0.25, 0.3) is 0 Å². The summed E-state index contributed by atoms with van der Waals surface area (Å²) in [6, 6.07) is 0. The van der Waals surface area contributed by atoms with Crippen molar-refractivity contribution in [2.24, 2.45) is 5.92 Å². The molecular formula is C12H25N. The molecule has 0 bridgehead atoms. The predicted octanol–water partition coefficient (Wildman–Crippen LogP) is 3.71. The van der Waals surface area contributed by atoms with E-state index in [4.69, 9.17) is 0 Å². The van der Waals surface area contributed by atoms with Crippen LogP contribution in [0.1, 0.15) is 53.9 Å². The van der Waals surface area contributed by atoms with E-state index in [1.165, 1.54) is 25.0 Å². The van der Waals surface area contributed by atoms with Gasteiger partial charge in [0.15, 0.2) is 0 Å². The average Bonchev–Trinajstić information content (AvgIpc) is 1.96. The molecule has 1 N–H and O–H groups in total. The van der Waals surface area contributed by atoms with Gasteiger partial charge in [0.05, 0.1) is 0 Å². The second-order valence-corrected chi connectivity index (χ2v) is 4.79. The van der Waals surface area contributed by atoms with E-state index in [1.54, 1.807) is 0 Å². The molecule has 0 aromatic carbocycles. The van der Waals surface area contributed by atoms with E-state index >= 15 is 0 Å². The van der Waals surface area contributed by atoms with Gasteiger partial charge in [-0.05, 0) is 39.5 Å². The van der Waals surface area contributed by atoms with Gasteiger partial charge in [-0.3, -0.25) is 0 Å². The molecular weight excluding hydrogens is 158 g/mol. The maximum absolute atomic E-state index is 4.12. The summed E-state index contributed by atoms with van der Waals surface area (Å²) in [5.74, 6) is 0.643. The van der Waals surface area contributed by atoms with Crippen LogP contribution in [0.25, 0.3) is 0 Å². The zero-order chi connectivity index (χ0) is 10.5. The summed E-state index contributed by atoms with van der Waals surface area (Å²) in [6.07, 6.45) is 3.68. The molecule has 1 nitrogen and oxygen atoms in total. The Morgan fingerprint density at radius 1 is 1.31 bits per heavy atom. The second kappa shape index (κ2) is 5.31. The van der Waals surface area contributed by atoms with E-state index in [2.05, 4.69) is 46.5 Å². The van der Waals surface area contributed by atoms with Crippen molar-refractivity contribution in [2.45, 2.75) is 59.4 Å². The number of hydrogen-bond donors (Lipinski definition) is 1. The standard InChI is InChI=1S/C12H25N/c1-7-9-11(8-2)10(3)13-12(4,5)6/h11,13H,3,7-9H2,1-2,4-6H3. The molecule has 1 unspecified atom stereocenters. The SMILES string of the molecule is C=C(NC(C)(C)C)C(CC)CCC. The van der Waals surface area contributed by atoms with Crippen molar-refractivity contribution in [3.8, 4) is 0 Å². The topological polar surface area (TPSA) is 12.0 Å². The highest BCUT2D eigenvalue weighted by atomic mass is 15.0. The fraction of sp³-hybridized carbons (Fsp3) is 0.833. The number of hydrogen-bond acceptors (Lipinski definition) is 1. The van der Waals surface area contributed by atoms with Crippen LogP contribution in [-0.2, 0) is 0 Å². The molecule has 13 heavy (non-hydrogen) atoms. The smallest absolute Gasteiger partial charge is 0.0286 e. The molecule has 1 atom stereocenters. The molecule has 0 fully saturated rings. The molecule has 0 saturated carbocycles. The predicted molar refractivity (Wildman–Crippen MR) is 60.7 cm³/mol. The Hall–Kier alpha value is -0.460. The Morgan fingerprint density at radius 2 is 1.85 bits per heavy atom. The average molecular weight is 183 g/mol. The normalized spacial score (nSPS) is 13.9. The maximum atomic E-state index is 4.12. The minimum atomic E-state index is 0.151. The summed E-state index contributed by atoms with van der Waals surface area (Å²) in [5.41, 5.74) is 1.36. The third-order valence-electron chi connectivity index (χ3n) is 2.16. The lowest BCUT2D eigenvalue weighted by molar-refractivity contribution is 0.411. The van der Waals surface area contributed by atoms with Crippen molar-refractivity contribution >= 4 is 0 Å². The molecule has 78 valence electrons. The van der Waals surface area contributed by atoms with E-state index in [9.17, 15) is 0 Å². The fourth-order valence-electron chi connectivity index (χ4n) is 1.56. The number of nitrogens with one attached hydrogen (secondary N) is 1. The van der Waals surface area contributed by atoms with Gasteiger partial charge >= 0.3 is 0 Å². The van der Waals surface area contributed by atoms with Gasteiger partial charge in [-0.2, -0.15) is 0 Å². The van der Waals surface area contributed by atoms with E-state index in [1.807, 2.05) is 0 Å². The van der Waals surface area contributed by atoms with E-state index in [-0.39, 0.29) is 5.54 Å². The van der Waals surface area contributed by atoms with Crippen LogP contribution >= 0.6 is 0 Å². The summed E-state index contributed by atoms with van der Waals surface area (Å²) in [5, 5.41) is 3.46. The Labute approximate surface area is 83.6 Å². The highest BCUT2D eigenvalue weighted by molar-refractivity contribution is 5.01. The molecule has 0 heterocycles. The molecule has 0 saturated heterocycles. The maximum Gasteiger partial charge on any atom is 0.0286 e. The minimum Gasteiger partial charge on any atom is -0.384 e. The molecule has 0 aliphatic heterocycles. The second-order valence-electron chi connectivity index (χ2n) is 4.79. The molecule has 0 spiro atoms. The zero-order valence-corrected chi connectivity index (χ0v) is 9.91. The quantitative estimate of drug-likeness (QED) is 0.685. The van der Waals surface area contributed by atoms with Crippen molar-refractivity contribution in [1.82, 2.24) is 5.32 Å². The van der Waals surface area contributed by atoms with Gasteiger partial charge in [0.2, 0.25) is 0 Å². The lowest BCUT2D eigenvalue weighted by Gasteiger charge is -2.28. The first-order valence-electron chi connectivity index (χ1n) is 5.37. The highest BCUT2D eigenvalue weighted by Gasteiger charge is 2.15. The summed E-state index contributed by atoms with van der Waals surface area (Å²) >= 11 is 0. The van der Waals surface area contributed by atoms with Gasteiger partial charge in [0.1, 0.15) is 0 Å². The van der Waals surface area contributed by atoms with Crippen molar-refractivity contribution in [3.05, 3.63) is 12.3 Å². The van der Waals surface area contributed by atoms with Gasteiger partial charge < -0.3 is 5.32 Å². The Bertz CT molecular complexity index is 153. The lowest BCUT2D eigenvalue weighted by atomic mass is 9.95. The number of allylic oxidation sites excluding steroid dienone is 1. The third kappa shape index (κ3) is 5.73. The zero-order valence-electron chi connectivity index (χ0n) is 9.91.